The van der Waals surface area contributed by atoms with Crippen LogP contribution >= 0.6 is 0 Å². The van der Waals surface area contributed by atoms with Crippen LogP contribution in [0.5, 0.6) is 5.75 Å². The molecule has 0 bridgehead atoms. The quantitative estimate of drug-likeness (QED) is 0.691. The molecule has 1 aliphatic carbocycles. The van der Waals surface area contributed by atoms with Gasteiger partial charge in [0.15, 0.2) is 5.78 Å². The summed E-state index contributed by atoms with van der Waals surface area (Å²) in [5.74, 6) is 1.02. The van der Waals surface area contributed by atoms with E-state index in [9.17, 15) is 4.79 Å². The van der Waals surface area contributed by atoms with E-state index in [2.05, 4.69) is 19.9 Å². The van der Waals surface area contributed by atoms with Crippen LogP contribution < -0.4 is 4.74 Å². The highest BCUT2D eigenvalue weighted by molar-refractivity contribution is 6.26. The van der Waals surface area contributed by atoms with E-state index in [0.717, 1.165) is 28.9 Å². The first-order valence-electron chi connectivity index (χ1n) is 7.75. The smallest absolute Gasteiger partial charge is 0.168 e. The molecule has 2 heteroatoms. The minimum atomic E-state index is 0.225. The number of allylic oxidation sites excluding steroid dienone is 4. The van der Waals surface area contributed by atoms with E-state index in [1.807, 2.05) is 24.3 Å². The molecule has 0 radical (unpaired) electrons. The van der Waals surface area contributed by atoms with Gasteiger partial charge in [0.1, 0.15) is 5.75 Å². The number of benzene rings is 1. The first kappa shape index (κ1) is 15.6. The normalized spacial score (nSPS) is 16.9. The molecule has 0 spiro atoms. The molecule has 2 nitrogen and oxygen atoms in total. The third-order valence-electron chi connectivity index (χ3n) is 4.04. The minimum Gasteiger partial charge on any atom is -0.497 e. The number of carbonyl (C=O) groups excluding carboxylic acids is 1. The summed E-state index contributed by atoms with van der Waals surface area (Å²) in [6.45, 7) is 4.27. The van der Waals surface area contributed by atoms with Gasteiger partial charge in [0.2, 0.25) is 0 Å². The molecule has 2 rings (SSSR count). The maximum Gasteiger partial charge on any atom is 0.168 e. The highest BCUT2D eigenvalue weighted by Gasteiger charge is 2.25. The van der Waals surface area contributed by atoms with Crippen LogP contribution in [0.15, 0.2) is 41.5 Å². The fourth-order valence-electron chi connectivity index (χ4n) is 2.82. The average Bonchev–Trinajstić information content (AvgIpc) is 2.78. The van der Waals surface area contributed by atoms with Crippen LogP contribution in [0, 0.1) is 0 Å². The number of rotatable bonds is 6. The fraction of sp³-hybridized carbons (Fsp3) is 0.421. The standard InChI is InChI=1S/C19H24O2/c1-4-5-6-7-9-15-13-18(20)19(14(15)2)16-10-8-11-17(12-16)21-3/h8-12H,4-7,13H2,1-3H3/b15-9-. The van der Waals surface area contributed by atoms with Gasteiger partial charge in [-0.1, -0.05) is 38.0 Å². The zero-order valence-electron chi connectivity index (χ0n) is 13.2. The molecule has 0 amide bonds. The van der Waals surface area contributed by atoms with Crippen LogP contribution in [0.4, 0.5) is 0 Å². The topological polar surface area (TPSA) is 26.3 Å². The summed E-state index contributed by atoms with van der Waals surface area (Å²) >= 11 is 0. The zero-order valence-corrected chi connectivity index (χ0v) is 13.2. The number of hydrogen-bond donors (Lipinski definition) is 0. The van der Waals surface area contributed by atoms with Crippen molar-refractivity contribution in [1.82, 2.24) is 0 Å². The van der Waals surface area contributed by atoms with Crippen molar-refractivity contribution in [1.29, 1.82) is 0 Å². The minimum absolute atomic E-state index is 0.225. The zero-order chi connectivity index (χ0) is 15.2. The van der Waals surface area contributed by atoms with Gasteiger partial charge in [0.25, 0.3) is 0 Å². The Morgan fingerprint density at radius 3 is 2.81 bits per heavy atom. The lowest BCUT2D eigenvalue weighted by atomic mass is 10.0. The molecule has 0 fully saturated rings. The predicted octanol–water partition coefficient (Wildman–Crippen LogP) is 4.95. The van der Waals surface area contributed by atoms with E-state index in [1.54, 1.807) is 7.11 Å². The van der Waals surface area contributed by atoms with Gasteiger partial charge in [-0.25, -0.2) is 0 Å². The number of unbranched alkanes of at least 4 members (excludes halogenated alkanes) is 3. The van der Waals surface area contributed by atoms with Gasteiger partial charge >= 0.3 is 0 Å². The Bertz CT molecular complexity index is 579. The summed E-state index contributed by atoms with van der Waals surface area (Å²) in [5, 5.41) is 0. The second-order valence-corrected chi connectivity index (χ2v) is 5.56. The molecular weight excluding hydrogens is 260 g/mol. The molecule has 1 aromatic carbocycles. The molecule has 0 N–H and O–H groups in total. The van der Waals surface area contributed by atoms with Crippen molar-refractivity contribution in [3.05, 3.63) is 47.1 Å². The first-order chi connectivity index (χ1) is 10.2. The van der Waals surface area contributed by atoms with Gasteiger partial charge in [0, 0.05) is 12.0 Å². The molecule has 0 unspecified atom stereocenters. The van der Waals surface area contributed by atoms with E-state index in [-0.39, 0.29) is 5.78 Å². The van der Waals surface area contributed by atoms with Crippen LogP contribution in [0.3, 0.4) is 0 Å². The van der Waals surface area contributed by atoms with Crippen LogP contribution in [0.1, 0.15) is 51.5 Å². The van der Waals surface area contributed by atoms with Gasteiger partial charge in [-0.3, -0.25) is 4.79 Å². The summed E-state index contributed by atoms with van der Waals surface area (Å²) in [6, 6.07) is 7.76. The SMILES string of the molecule is CCCCC/C=C1/CC(=O)C(c2cccc(OC)c2)=C1C. The number of carbonyl (C=O) groups is 1. The van der Waals surface area contributed by atoms with Gasteiger partial charge in [-0.15, -0.1) is 0 Å². The average molecular weight is 284 g/mol. The van der Waals surface area contributed by atoms with Crippen LogP contribution in [0.25, 0.3) is 5.57 Å². The van der Waals surface area contributed by atoms with E-state index < -0.39 is 0 Å². The molecule has 0 heterocycles. The number of hydrogen-bond acceptors (Lipinski definition) is 2. The summed E-state index contributed by atoms with van der Waals surface area (Å²) in [7, 11) is 1.65. The third-order valence-corrected chi connectivity index (χ3v) is 4.04. The number of Topliss-reactive ketones (excluding diaryl/α,β-unsaturated/α-hetero) is 1. The molecule has 0 aliphatic heterocycles. The Hall–Kier alpha value is -1.83. The monoisotopic (exact) mass is 284 g/mol. The predicted molar refractivity (Wildman–Crippen MR) is 87.4 cm³/mol. The second-order valence-electron chi connectivity index (χ2n) is 5.56. The number of methoxy groups -OCH3 is 1. The Labute approximate surface area is 127 Å². The van der Waals surface area contributed by atoms with Gasteiger partial charge < -0.3 is 4.74 Å². The van der Waals surface area contributed by atoms with Gasteiger partial charge in [0.05, 0.1) is 7.11 Å². The molecule has 0 saturated carbocycles. The molecular formula is C19H24O2. The maximum absolute atomic E-state index is 12.3. The molecule has 21 heavy (non-hydrogen) atoms. The first-order valence-corrected chi connectivity index (χ1v) is 7.75. The summed E-state index contributed by atoms with van der Waals surface area (Å²) in [6.07, 6.45) is 7.55. The highest BCUT2D eigenvalue weighted by Crippen LogP contribution is 2.36. The number of ether oxygens (including phenoxy) is 1. The second kappa shape index (κ2) is 7.26. The summed E-state index contributed by atoms with van der Waals surface area (Å²) < 4.78 is 5.26. The van der Waals surface area contributed by atoms with Crippen molar-refractivity contribution in [2.75, 3.05) is 7.11 Å². The lowest BCUT2D eigenvalue weighted by Gasteiger charge is -2.06. The fourth-order valence-corrected chi connectivity index (χ4v) is 2.82. The van der Waals surface area contributed by atoms with Gasteiger partial charge in [-0.2, -0.15) is 0 Å². The Morgan fingerprint density at radius 2 is 2.10 bits per heavy atom. The lowest BCUT2D eigenvalue weighted by Crippen LogP contribution is -1.96. The van der Waals surface area contributed by atoms with Crippen molar-refractivity contribution < 1.29 is 9.53 Å². The van der Waals surface area contributed by atoms with E-state index in [4.69, 9.17) is 4.74 Å². The molecule has 1 aromatic rings. The molecule has 112 valence electrons. The summed E-state index contributed by atoms with van der Waals surface area (Å²) in [5.41, 5.74) is 4.16. The Morgan fingerprint density at radius 1 is 1.29 bits per heavy atom. The van der Waals surface area contributed by atoms with Crippen molar-refractivity contribution in [3.63, 3.8) is 0 Å². The van der Waals surface area contributed by atoms with E-state index >= 15 is 0 Å². The largest absolute Gasteiger partial charge is 0.497 e. The van der Waals surface area contributed by atoms with E-state index in [1.165, 1.54) is 24.8 Å². The van der Waals surface area contributed by atoms with Crippen LogP contribution in [-0.4, -0.2) is 12.9 Å². The van der Waals surface area contributed by atoms with E-state index in [0.29, 0.717) is 6.42 Å². The third kappa shape index (κ3) is 3.63. The van der Waals surface area contributed by atoms with Crippen LogP contribution in [-0.2, 0) is 4.79 Å². The van der Waals surface area contributed by atoms with Gasteiger partial charge in [-0.05, 0) is 48.6 Å². The Balaban J connectivity index is 2.24. The maximum atomic E-state index is 12.3. The molecule has 0 atom stereocenters. The van der Waals surface area contributed by atoms with Crippen molar-refractivity contribution in [2.24, 2.45) is 0 Å². The van der Waals surface area contributed by atoms with Crippen molar-refractivity contribution >= 4 is 11.4 Å². The number of ketones is 1. The van der Waals surface area contributed by atoms with Crippen molar-refractivity contribution in [3.8, 4) is 5.75 Å². The van der Waals surface area contributed by atoms with Crippen LogP contribution in [0.2, 0.25) is 0 Å². The highest BCUT2D eigenvalue weighted by atomic mass is 16.5. The molecule has 0 aromatic heterocycles. The molecule has 0 saturated heterocycles. The van der Waals surface area contributed by atoms with Crippen molar-refractivity contribution in [2.45, 2.75) is 46.0 Å². The molecule has 1 aliphatic rings. The summed E-state index contributed by atoms with van der Waals surface area (Å²) in [4.78, 5) is 12.3. The Kier molecular flexibility index (Phi) is 5.38. The lowest BCUT2D eigenvalue weighted by molar-refractivity contribution is -0.112.